The summed E-state index contributed by atoms with van der Waals surface area (Å²) in [5.41, 5.74) is 6.33. The summed E-state index contributed by atoms with van der Waals surface area (Å²) in [6.45, 7) is 0.237. The number of carboxylic acids is 1. The number of thiazole rings is 1. The summed E-state index contributed by atoms with van der Waals surface area (Å²) in [7, 11) is 1.58. The number of methoxy groups -OCH3 is 1. The molecule has 0 aliphatic rings. The molecule has 1 aromatic heterocycles. The second-order valence-corrected chi connectivity index (χ2v) is 4.61. The molecule has 0 amide bonds. The molecule has 1 heterocycles. The van der Waals surface area contributed by atoms with Crippen LogP contribution in [0, 0.1) is 0 Å². The van der Waals surface area contributed by atoms with E-state index in [9.17, 15) is 4.79 Å². The molecule has 2 rings (SSSR count). The van der Waals surface area contributed by atoms with Gasteiger partial charge < -0.3 is 15.6 Å². The molecule has 0 unspecified atom stereocenters. The lowest BCUT2D eigenvalue weighted by Gasteiger charge is -2.01. The second kappa shape index (κ2) is 5.16. The number of nitrogens with zero attached hydrogens (tertiary/aromatic N) is 1. The smallest absolute Gasteiger partial charge is 0.356 e. The van der Waals surface area contributed by atoms with Crippen molar-refractivity contribution < 1.29 is 14.6 Å². The molecule has 0 bridgehead atoms. The minimum atomic E-state index is -1.04. The molecule has 0 saturated heterocycles. The minimum absolute atomic E-state index is 0.0469. The molecule has 94 valence electrons. The summed E-state index contributed by atoms with van der Waals surface area (Å²) in [4.78, 5) is 15.8. The van der Waals surface area contributed by atoms with Crippen LogP contribution in [0.15, 0.2) is 24.3 Å². The van der Waals surface area contributed by atoms with Crippen LogP contribution in [0.25, 0.3) is 10.4 Å². The Kier molecular flexibility index (Phi) is 3.59. The molecule has 0 aliphatic heterocycles. The molecule has 2 aromatic rings. The zero-order valence-electron chi connectivity index (χ0n) is 9.71. The van der Waals surface area contributed by atoms with Crippen LogP contribution in [0.1, 0.15) is 15.5 Å². The molecule has 1 aromatic carbocycles. The van der Waals surface area contributed by atoms with Gasteiger partial charge in [0.1, 0.15) is 10.8 Å². The molecule has 0 aliphatic carbocycles. The van der Waals surface area contributed by atoms with E-state index in [0.29, 0.717) is 9.88 Å². The summed E-state index contributed by atoms with van der Waals surface area (Å²) in [6.07, 6.45) is 0. The number of rotatable bonds is 4. The topological polar surface area (TPSA) is 85.4 Å². The standard InChI is InChI=1S/C12H12N2O3S/c1-17-8-4-2-7(3-5-8)11-10(12(15)16)14-9(6-13)18-11/h2-5H,6,13H2,1H3,(H,15,16). The number of benzene rings is 1. The number of carbonyl (C=O) groups is 1. The van der Waals surface area contributed by atoms with E-state index in [1.165, 1.54) is 11.3 Å². The fourth-order valence-electron chi connectivity index (χ4n) is 1.53. The Balaban J connectivity index is 2.47. The van der Waals surface area contributed by atoms with Crippen LogP contribution < -0.4 is 10.5 Å². The van der Waals surface area contributed by atoms with Crippen molar-refractivity contribution in [2.45, 2.75) is 6.54 Å². The van der Waals surface area contributed by atoms with Crippen molar-refractivity contribution in [3.63, 3.8) is 0 Å². The number of nitrogens with two attached hydrogens (primary N) is 1. The van der Waals surface area contributed by atoms with E-state index in [1.807, 2.05) is 0 Å². The maximum atomic E-state index is 11.1. The SMILES string of the molecule is COc1ccc(-c2sc(CN)nc2C(=O)O)cc1. The number of aromatic nitrogens is 1. The molecule has 0 radical (unpaired) electrons. The average Bonchev–Trinajstić information content (AvgIpc) is 2.83. The third kappa shape index (κ3) is 2.34. The molecule has 0 atom stereocenters. The third-order valence-corrected chi connectivity index (χ3v) is 3.53. The summed E-state index contributed by atoms with van der Waals surface area (Å²) in [5.74, 6) is -0.323. The Morgan fingerprint density at radius 2 is 2.11 bits per heavy atom. The van der Waals surface area contributed by atoms with Gasteiger partial charge in [0, 0.05) is 6.54 Å². The minimum Gasteiger partial charge on any atom is -0.497 e. The lowest BCUT2D eigenvalue weighted by Crippen LogP contribution is -2.01. The van der Waals surface area contributed by atoms with Crippen LogP contribution in [0.3, 0.4) is 0 Å². The number of hydrogen-bond donors (Lipinski definition) is 2. The van der Waals surface area contributed by atoms with Crippen molar-refractivity contribution in [1.82, 2.24) is 4.98 Å². The maximum Gasteiger partial charge on any atom is 0.356 e. The predicted molar refractivity (Wildman–Crippen MR) is 69.0 cm³/mol. The molecule has 3 N–H and O–H groups in total. The largest absolute Gasteiger partial charge is 0.497 e. The fourth-order valence-corrected chi connectivity index (χ4v) is 2.47. The molecule has 6 heteroatoms. The second-order valence-electron chi connectivity index (χ2n) is 3.52. The Morgan fingerprint density at radius 3 is 2.61 bits per heavy atom. The van der Waals surface area contributed by atoms with E-state index in [4.69, 9.17) is 15.6 Å². The first-order valence-electron chi connectivity index (χ1n) is 5.23. The zero-order chi connectivity index (χ0) is 13.1. The number of carboxylic acid groups (broad SMARTS) is 1. The van der Waals surface area contributed by atoms with Crippen LogP contribution in [0.2, 0.25) is 0 Å². The van der Waals surface area contributed by atoms with Gasteiger partial charge in [-0.15, -0.1) is 11.3 Å². The summed E-state index contributed by atoms with van der Waals surface area (Å²) in [5, 5.41) is 9.72. The van der Waals surface area contributed by atoms with Crippen LogP contribution in [-0.4, -0.2) is 23.2 Å². The quantitative estimate of drug-likeness (QED) is 0.881. The van der Waals surface area contributed by atoms with Crippen molar-refractivity contribution >= 4 is 17.3 Å². The van der Waals surface area contributed by atoms with Gasteiger partial charge in [-0.2, -0.15) is 0 Å². The van der Waals surface area contributed by atoms with Gasteiger partial charge in [0.05, 0.1) is 12.0 Å². The van der Waals surface area contributed by atoms with E-state index in [-0.39, 0.29) is 12.2 Å². The Labute approximate surface area is 108 Å². The van der Waals surface area contributed by atoms with E-state index in [1.54, 1.807) is 31.4 Å². The van der Waals surface area contributed by atoms with Crippen LogP contribution in [0.5, 0.6) is 5.75 Å². The first-order valence-corrected chi connectivity index (χ1v) is 6.05. The summed E-state index contributed by atoms with van der Waals surface area (Å²) < 4.78 is 5.06. The lowest BCUT2D eigenvalue weighted by molar-refractivity contribution is 0.0692. The van der Waals surface area contributed by atoms with Gasteiger partial charge in [-0.05, 0) is 29.8 Å². The first kappa shape index (κ1) is 12.5. The van der Waals surface area contributed by atoms with Gasteiger partial charge in [0.2, 0.25) is 0 Å². The van der Waals surface area contributed by atoms with Crippen molar-refractivity contribution in [2.75, 3.05) is 7.11 Å². The van der Waals surface area contributed by atoms with Gasteiger partial charge in [-0.3, -0.25) is 0 Å². The molecule has 0 fully saturated rings. The Bertz CT molecular complexity index is 563. The zero-order valence-corrected chi connectivity index (χ0v) is 10.5. The molecular weight excluding hydrogens is 252 g/mol. The third-order valence-electron chi connectivity index (χ3n) is 2.40. The van der Waals surface area contributed by atoms with Crippen molar-refractivity contribution in [3.05, 3.63) is 35.0 Å². The average molecular weight is 264 g/mol. The fraction of sp³-hybridized carbons (Fsp3) is 0.167. The summed E-state index contributed by atoms with van der Waals surface area (Å²) in [6, 6.07) is 7.17. The monoisotopic (exact) mass is 264 g/mol. The van der Waals surface area contributed by atoms with E-state index in [2.05, 4.69) is 4.98 Å². The van der Waals surface area contributed by atoms with Gasteiger partial charge in [-0.1, -0.05) is 0 Å². The molecule has 5 nitrogen and oxygen atoms in total. The molecule has 18 heavy (non-hydrogen) atoms. The summed E-state index contributed by atoms with van der Waals surface area (Å²) >= 11 is 1.30. The van der Waals surface area contributed by atoms with Crippen molar-refractivity contribution in [1.29, 1.82) is 0 Å². The molecular formula is C12H12N2O3S. The number of hydrogen-bond acceptors (Lipinski definition) is 5. The highest BCUT2D eigenvalue weighted by Crippen LogP contribution is 2.31. The first-order chi connectivity index (χ1) is 8.65. The van der Waals surface area contributed by atoms with E-state index >= 15 is 0 Å². The van der Waals surface area contributed by atoms with Gasteiger partial charge in [0.25, 0.3) is 0 Å². The molecule has 0 spiro atoms. The highest BCUT2D eigenvalue weighted by atomic mass is 32.1. The number of ether oxygens (including phenoxy) is 1. The van der Waals surface area contributed by atoms with Gasteiger partial charge in [-0.25, -0.2) is 9.78 Å². The van der Waals surface area contributed by atoms with Crippen LogP contribution >= 0.6 is 11.3 Å². The van der Waals surface area contributed by atoms with Crippen LogP contribution in [-0.2, 0) is 6.54 Å². The van der Waals surface area contributed by atoms with Crippen molar-refractivity contribution in [3.8, 4) is 16.2 Å². The normalized spacial score (nSPS) is 10.3. The lowest BCUT2D eigenvalue weighted by atomic mass is 10.1. The van der Waals surface area contributed by atoms with Gasteiger partial charge >= 0.3 is 5.97 Å². The maximum absolute atomic E-state index is 11.1. The highest BCUT2D eigenvalue weighted by Gasteiger charge is 2.18. The Morgan fingerprint density at radius 1 is 1.44 bits per heavy atom. The van der Waals surface area contributed by atoms with Crippen LogP contribution in [0.4, 0.5) is 0 Å². The van der Waals surface area contributed by atoms with E-state index < -0.39 is 5.97 Å². The van der Waals surface area contributed by atoms with Gasteiger partial charge in [0.15, 0.2) is 5.69 Å². The van der Waals surface area contributed by atoms with E-state index in [0.717, 1.165) is 11.3 Å². The van der Waals surface area contributed by atoms with Crippen molar-refractivity contribution in [2.24, 2.45) is 5.73 Å². The predicted octanol–water partition coefficient (Wildman–Crippen LogP) is 1.98. The highest BCUT2D eigenvalue weighted by molar-refractivity contribution is 7.15. The number of aromatic carboxylic acids is 1. The Hall–Kier alpha value is -1.92. The molecule has 0 saturated carbocycles.